The van der Waals surface area contributed by atoms with Crippen molar-refractivity contribution >= 4 is 28.9 Å². The summed E-state index contributed by atoms with van der Waals surface area (Å²) >= 11 is 0. The maximum atomic E-state index is 12.0. The first-order valence-corrected chi connectivity index (χ1v) is 7.97. The van der Waals surface area contributed by atoms with Gasteiger partial charge in [0.1, 0.15) is 5.75 Å². The van der Waals surface area contributed by atoms with Gasteiger partial charge in [0.05, 0.1) is 19.9 Å². The van der Waals surface area contributed by atoms with Crippen molar-refractivity contribution in [1.29, 1.82) is 0 Å². The maximum Gasteiger partial charge on any atom is 0.259 e. The molecule has 3 N–H and O–H groups in total. The number of benzene rings is 2. The van der Waals surface area contributed by atoms with Crippen molar-refractivity contribution in [3.63, 3.8) is 0 Å². The molecule has 0 fully saturated rings. The van der Waals surface area contributed by atoms with E-state index >= 15 is 0 Å². The molecule has 0 unspecified atom stereocenters. The molecule has 2 amide bonds. The van der Waals surface area contributed by atoms with Gasteiger partial charge in [0.2, 0.25) is 0 Å². The normalized spacial score (nSPS) is 10.8. The predicted octanol–water partition coefficient (Wildman–Crippen LogP) is 2.06. The largest absolute Gasteiger partial charge is 0.497 e. The van der Waals surface area contributed by atoms with E-state index in [1.807, 2.05) is 30.5 Å². The number of rotatable bonds is 6. The smallest absolute Gasteiger partial charge is 0.259 e. The Morgan fingerprint density at radius 2 is 2.04 bits per heavy atom. The fraction of sp³-hybridized carbons (Fsp3) is 0.105. The Balaban J connectivity index is 1.51. The highest BCUT2D eigenvalue weighted by atomic mass is 16.5. The molecule has 1 heterocycles. The zero-order valence-corrected chi connectivity index (χ0v) is 14.2. The number of hydrogen-bond donors (Lipinski definition) is 3. The summed E-state index contributed by atoms with van der Waals surface area (Å²) in [4.78, 5) is 27.0. The zero-order chi connectivity index (χ0) is 18.4. The molecular weight excluding hydrogens is 332 g/mol. The van der Waals surface area contributed by atoms with Crippen LogP contribution in [0.4, 0.5) is 0 Å². The second kappa shape index (κ2) is 7.98. The highest BCUT2D eigenvalue weighted by Gasteiger charge is 2.08. The molecule has 0 radical (unpaired) electrons. The lowest BCUT2D eigenvalue weighted by atomic mass is 10.2. The van der Waals surface area contributed by atoms with E-state index in [0.717, 1.165) is 16.5 Å². The van der Waals surface area contributed by atoms with E-state index in [1.54, 1.807) is 30.5 Å². The summed E-state index contributed by atoms with van der Waals surface area (Å²) in [5.41, 5.74) is 4.66. The van der Waals surface area contributed by atoms with Crippen molar-refractivity contribution in [3.8, 4) is 5.75 Å². The summed E-state index contributed by atoms with van der Waals surface area (Å²) < 4.78 is 5.07. The summed E-state index contributed by atoms with van der Waals surface area (Å²) in [6.45, 7) is -0.179. The summed E-state index contributed by atoms with van der Waals surface area (Å²) in [6, 6.07) is 14.5. The molecule has 3 rings (SSSR count). The molecule has 132 valence electrons. The summed E-state index contributed by atoms with van der Waals surface area (Å²) in [5, 5.41) is 7.47. The Kier molecular flexibility index (Phi) is 5.28. The molecule has 7 nitrogen and oxygen atoms in total. The van der Waals surface area contributed by atoms with Crippen molar-refractivity contribution in [1.82, 2.24) is 15.7 Å². The lowest BCUT2D eigenvalue weighted by molar-refractivity contribution is -0.120. The minimum atomic E-state index is -0.419. The van der Waals surface area contributed by atoms with E-state index in [0.29, 0.717) is 11.3 Å². The molecule has 0 saturated heterocycles. The quantitative estimate of drug-likeness (QED) is 0.469. The molecule has 1 aromatic heterocycles. The van der Waals surface area contributed by atoms with Gasteiger partial charge in [-0.2, -0.15) is 5.10 Å². The molecule has 0 spiro atoms. The molecule has 2 aromatic carbocycles. The highest BCUT2D eigenvalue weighted by Crippen LogP contribution is 2.15. The molecule has 0 aliphatic heterocycles. The van der Waals surface area contributed by atoms with Crippen LogP contribution in [-0.2, 0) is 4.79 Å². The number of hydrazone groups is 1. The fourth-order valence-corrected chi connectivity index (χ4v) is 2.44. The van der Waals surface area contributed by atoms with Crippen molar-refractivity contribution < 1.29 is 14.3 Å². The van der Waals surface area contributed by atoms with Crippen LogP contribution in [-0.4, -0.2) is 36.7 Å². The number of carbonyl (C=O) groups excluding carboxylic acids is 2. The summed E-state index contributed by atoms with van der Waals surface area (Å²) in [6.07, 6.45) is 3.37. The van der Waals surface area contributed by atoms with E-state index in [-0.39, 0.29) is 12.5 Å². The van der Waals surface area contributed by atoms with Crippen LogP contribution >= 0.6 is 0 Å². The van der Waals surface area contributed by atoms with Crippen molar-refractivity contribution in [2.45, 2.75) is 0 Å². The number of nitrogens with zero attached hydrogens (tertiary/aromatic N) is 1. The Morgan fingerprint density at radius 1 is 1.19 bits per heavy atom. The summed E-state index contributed by atoms with van der Waals surface area (Å²) in [5.74, 6) is -0.206. The molecule has 0 aliphatic rings. The van der Waals surface area contributed by atoms with Gasteiger partial charge in [0.15, 0.2) is 0 Å². The standard InChI is InChI=1S/C19H18N4O3/c1-26-15-6-4-5-13(9-15)19(25)21-12-18(24)23-22-11-14-10-20-17-8-3-2-7-16(14)17/h2-11,20H,12H2,1H3,(H,21,25)(H,23,24)/b22-11+. The van der Waals surface area contributed by atoms with E-state index in [9.17, 15) is 9.59 Å². The Morgan fingerprint density at radius 3 is 2.88 bits per heavy atom. The van der Waals surface area contributed by atoms with Gasteiger partial charge in [-0.15, -0.1) is 0 Å². The molecule has 0 atom stereocenters. The lowest BCUT2D eigenvalue weighted by Crippen LogP contribution is -2.34. The van der Waals surface area contributed by atoms with E-state index in [1.165, 1.54) is 7.11 Å². The number of carbonyl (C=O) groups is 2. The SMILES string of the molecule is COc1cccc(C(=O)NCC(=O)N/N=C/c2c[nH]c3ccccc23)c1. The third-order valence-corrected chi connectivity index (χ3v) is 3.76. The predicted molar refractivity (Wildman–Crippen MR) is 99.4 cm³/mol. The number of methoxy groups -OCH3 is 1. The molecule has 0 bridgehead atoms. The van der Waals surface area contributed by atoms with Crippen molar-refractivity contribution in [2.24, 2.45) is 5.10 Å². The number of H-pyrrole nitrogens is 1. The van der Waals surface area contributed by atoms with Crippen LogP contribution < -0.4 is 15.5 Å². The second-order valence-corrected chi connectivity index (χ2v) is 5.50. The van der Waals surface area contributed by atoms with Gasteiger partial charge in [-0.05, 0) is 24.3 Å². The van der Waals surface area contributed by atoms with Gasteiger partial charge in [0.25, 0.3) is 11.8 Å². The first-order valence-electron chi connectivity index (χ1n) is 7.97. The number of nitrogens with one attached hydrogen (secondary N) is 3. The van der Waals surface area contributed by atoms with Crippen LogP contribution in [0.25, 0.3) is 10.9 Å². The van der Waals surface area contributed by atoms with E-state index in [2.05, 4.69) is 20.8 Å². The van der Waals surface area contributed by atoms with Crippen LogP contribution in [0.15, 0.2) is 59.8 Å². The van der Waals surface area contributed by atoms with Gasteiger partial charge >= 0.3 is 0 Å². The molecule has 3 aromatic rings. The Labute approximate surface area is 150 Å². The third kappa shape index (κ3) is 4.07. The Bertz CT molecular complexity index is 962. The zero-order valence-electron chi connectivity index (χ0n) is 14.2. The highest BCUT2D eigenvalue weighted by molar-refractivity contribution is 5.99. The van der Waals surface area contributed by atoms with Crippen LogP contribution in [0.2, 0.25) is 0 Å². The number of amides is 2. The van der Waals surface area contributed by atoms with Crippen LogP contribution in [0.5, 0.6) is 5.75 Å². The maximum absolute atomic E-state index is 12.0. The number of hydrogen-bond acceptors (Lipinski definition) is 4. The van der Waals surface area contributed by atoms with Crippen LogP contribution in [0, 0.1) is 0 Å². The second-order valence-electron chi connectivity index (χ2n) is 5.50. The Hall–Kier alpha value is -3.61. The molecule has 0 saturated carbocycles. The van der Waals surface area contributed by atoms with Crippen LogP contribution in [0.1, 0.15) is 15.9 Å². The van der Waals surface area contributed by atoms with Gasteiger partial charge in [-0.25, -0.2) is 5.43 Å². The van der Waals surface area contributed by atoms with Crippen molar-refractivity contribution in [3.05, 3.63) is 65.9 Å². The van der Waals surface area contributed by atoms with E-state index in [4.69, 9.17) is 4.74 Å². The molecular formula is C19H18N4O3. The van der Waals surface area contributed by atoms with E-state index < -0.39 is 5.91 Å². The first kappa shape index (κ1) is 17.2. The minimum absolute atomic E-state index is 0.179. The van der Waals surface area contributed by atoms with Gasteiger partial charge in [-0.3, -0.25) is 9.59 Å². The monoisotopic (exact) mass is 350 g/mol. The van der Waals surface area contributed by atoms with Crippen molar-refractivity contribution in [2.75, 3.05) is 13.7 Å². The van der Waals surface area contributed by atoms with Gasteiger partial charge < -0.3 is 15.0 Å². The average molecular weight is 350 g/mol. The number of para-hydroxylation sites is 1. The fourth-order valence-electron chi connectivity index (χ4n) is 2.44. The average Bonchev–Trinajstić information content (AvgIpc) is 3.09. The summed E-state index contributed by atoms with van der Waals surface area (Å²) in [7, 11) is 1.52. The lowest BCUT2D eigenvalue weighted by Gasteiger charge is -2.05. The molecule has 0 aliphatic carbocycles. The van der Waals surface area contributed by atoms with Crippen LogP contribution in [0.3, 0.4) is 0 Å². The first-order chi connectivity index (χ1) is 12.7. The topological polar surface area (TPSA) is 95.6 Å². The minimum Gasteiger partial charge on any atom is -0.497 e. The number of aromatic amines is 1. The third-order valence-electron chi connectivity index (χ3n) is 3.76. The molecule has 26 heavy (non-hydrogen) atoms. The van der Waals surface area contributed by atoms with Gasteiger partial charge in [-0.1, -0.05) is 24.3 Å². The number of ether oxygens (including phenoxy) is 1. The van der Waals surface area contributed by atoms with Gasteiger partial charge in [0, 0.05) is 28.2 Å². The number of fused-ring (bicyclic) bond motifs is 1. The number of aromatic nitrogens is 1. The molecule has 7 heteroatoms.